The maximum absolute atomic E-state index is 4.51. The molecule has 13 heavy (non-hydrogen) atoms. The Balaban J connectivity index is 2.73. The van der Waals surface area contributed by atoms with Gasteiger partial charge in [-0.3, -0.25) is 4.98 Å². The Hall–Kier alpha value is -1.11. The summed E-state index contributed by atoms with van der Waals surface area (Å²) in [5.74, 6) is 0. The third kappa shape index (κ3) is 3.41. The molecule has 70 valence electrons. The first-order valence-corrected chi connectivity index (χ1v) is 4.99. The highest BCUT2D eigenvalue weighted by Crippen LogP contribution is 2.04. The molecule has 0 N–H and O–H groups in total. The van der Waals surface area contributed by atoms with E-state index in [0.717, 1.165) is 25.0 Å². The third-order valence-corrected chi connectivity index (χ3v) is 1.86. The first-order chi connectivity index (χ1) is 6.36. The lowest BCUT2D eigenvalue weighted by molar-refractivity contribution is 0.880. The van der Waals surface area contributed by atoms with E-state index in [1.54, 1.807) is 0 Å². The van der Waals surface area contributed by atoms with Crippen molar-refractivity contribution in [1.82, 2.24) is 4.98 Å². The van der Waals surface area contributed by atoms with Gasteiger partial charge in [0.25, 0.3) is 0 Å². The molecule has 0 spiro atoms. The maximum Gasteiger partial charge on any atom is 0.0629 e. The van der Waals surface area contributed by atoms with Gasteiger partial charge in [0.2, 0.25) is 0 Å². The fraction of sp³-hybridized carbons (Fsp3) is 0.417. The predicted octanol–water partition coefficient (Wildman–Crippen LogP) is 3.46. The molecule has 0 aliphatic rings. The van der Waals surface area contributed by atoms with Crippen LogP contribution in [0.25, 0.3) is 6.08 Å². The Bertz CT molecular complexity index is 276. The average Bonchev–Trinajstić information content (AvgIpc) is 2.16. The summed E-state index contributed by atoms with van der Waals surface area (Å²) in [6.07, 6.45) is 7.53. The zero-order valence-corrected chi connectivity index (χ0v) is 8.46. The first-order valence-electron chi connectivity index (χ1n) is 4.99. The van der Waals surface area contributed by atoms with E-state index in [-0.39, 0.29) is 0 Å². The molecule has 0 aromatic carbocycles. The molecule has 0 aliphatic carbocycles. The minimum atomic E-state index is 1.07. The van der Waals surface area contributed by atoms with Crippen molar-refractivity contribution < 1.29 is 0 Å². The van der Waals surface area contributed by atoms with E-state index in [1.165, 1.54) is 5.69 Å². The van der Waals surface area contributed by atoms with Crippen LogP contribution in [0, 0.1) is 0 Å². The summed E-state index contributed by atoms with van der Waals surface area (Å²) in [7, 11) is 0. The van der Waals surface area contributed by atoms with Crippen LogP contribution >= 0.6 is 0 Å². The number of hydrogen-bond donors (Lipinski definition) is 0. The first kappa shape index (κ1) is 9.97. The highest BCUT2D eigenvalue weighted by atomic mass is 14.7. The zero-order valence-electron chi connectivity index (χ0n) is 8.46. The zero-order chi connectivity index (χ0) is 9.52. The van der Waals surface area contributed by atoms with Crippen LogP contribution in [-0.4, -0.2) is 4.98 Å². The Labute approximate surface area is 80.5 Å². The van der Waals surface area contributed by atoms with Crippen LogP contribution in [0.5, 0.6) is 0 Å². The highest BCUT2D eigenvalue weighted by molar-refractivity contribution is 5.44. The molecular weight excluding hydrogens is 158 g/mol. The number of aromatic nitrogens is 1. The molecule has 0 atom stereocenters. The summed E-state index contributed by atoms with van der Waals surface area (Å²) in [6.45, 7) is 4.31. The molecule has 0 saturated carbocycles. The van der Waals surface area contributed by atoms with Crippen molar-refractivity contribution >= 4 is 6.08 Å². The van der Waals surface area contributed by atoms with Crippen molar-refractivity contribution in [1.29, 1.82) is 0 Å². The number of allylic oxidation sites excluding steroid dienone is 1. The lowest BCUT2D eigenvalue weighted by Crippen LogP contribution is -1.90. The lowest BCUT2D eigenvalue weighted by atomic mass is 10.2. The minimum Gasteiger partial charge on any atom is -0.253 e. The molecule has 0 unspecified atom stereocenters. The molecule has 1 nitrogen and oxygen atoms in total. The predicted molar refractivity (Wildman–Crippen MR) is 57.6 cm³/mol. The molecule has 1 rings (SSSR count). The molecule has 0 radical (unpaired) electrons. The standard InChI is InChI=1S/C12H17N/c1-3-5-8-12-10-6-9-11(13-12)7-4-2/h5-6,8-10H,3-4,7H2,1-2H3/b8-5+. The van der Waals surface area contributed by atoms with Crippen LogP contribution in [0.1, 0.15) is 38.1 Å². The Morgan fingerprint density at radius 2 is 2.15 bits per heavy atom. The summed E-state index contributed by atoms with van der Waals surface area (Å²) >= 11 is 0. The summed E-state index contributed by atoms with van der Waals surface area (Å²) in [5.41, 5.74) is 2.27. The summed E-state index contributed by atoms with van der Waals surface area (Å²) in [4.78, 5) is 4.51. The van der Waals surface area contributed by atoms with E-state index in [0.29, 0.717) is 0 Å². The summed E-state index contributed by atoms with van der Waals surface area (Å²) < 4.78 is 0. The van der Waals surface area contributed by atoms with Gasteiger partial charge in [0.05, 0.1) is 5.69 Å². The van der Waals surface area contributed by atoms with Crippen molar-refractivity contribution in [2.75, 3.05) is 0 Å². The van der Waals surface area contributed by atoms with E-state index in [4.69, 9.17) is 0 Å². The molecule has 0 bridgehead atoms. The van der Waals surface area contributed by atoms with Crippen molar-refractivity contribution in [3.05, 3.63) is 35.7 Å². The van der Waals surface area contributed by atoms with Crippen LogP contribution < -0.4 is 0 Å². The van der Waals surface area contributed by atoms with Crippen LogP contribution in [0.15, 0.2) is 24.3 Å². The van der Waals surface area contributed by atoms with Crippen molar-refractivity contribution in [3.63, 3.8) is 0 Å². The number of aryl methyl sites for hydroxylation is 1. The normalized spacial score (nSPS) is 10.9. The topological polar surface area (TPSA) is 12.9 Å². The van der Waals surface area contributed by atoms with Crippen LogP contribution in [0.3, 0.4) is 0 Å². The molecule has 0 aliphatic heterocycles. The van der Waals surface area contributed by atoms with E-state index < -0.39 is 0 Å². The number of hydrogen-bond acceptors (Lipinski definition) is 1. The van der Waals surface area contributed by atoms with E-state index >= 15 is 0 Å². The Morgan fingerprint density at radius 1 is 1.31 bits per heavy atom. The van der Waals surface area contributed by atoms with Crippen LogP contribution in [0.2, 0.25) is 0 Å². The molecule has 0 amide bonds. The molecule has 0 fully saturated rings. The van der Waals surface area contributed by atoms with Crippen molar-refractivity contribution in [2.45, 2.75) is 33.1 Å². The molecule has 1 heteroatoms. The molecule has 0 saturated heterocycles. The van der Waals surface area contributed by atoms with E-state index in [1.807, 2.05) is 6.07 Å². The van der Waals surface area contributed by atoms with Crippen molar-refractivity contribution in [2.24, 2.45) is 0 Å². The van der Waals surface area contributed by atoms with Gasteiger partial charge in [-0.1, -0.05) is 32.4 Å². The smallest absolute Gasteiger partial charge is 0.0629 e. The van der Waals surface area contributed by atoms with Crippen LogP contribution in [0.4, 0.5) is 0 Å². The van der Waals surface area contributed by atoms with Gasteiger partial charge >= 0.3 is 0 Å². The molecule has 1 aromatic heterocycles. The number of rotatable bonds is 4. The number of pyridine rings is 1. The SMILES string of the molecule is CC/C=C/c1cccc(CCC)n1. The van der Waals surface area contributed by atoms with E-state index in [2.05, 4.69) is 43.1 Å². The van der Waals surface area contributed by atoms with Gasteiger partial charge in [0.15, 0.2) is 0 Å². The van der Waals surface area contributed by atoms with Gasteiger partial charge in [0.1, 0.15) is 0 Å². The Morgan fingerprint density at radius 3 is 2.85 bits per heavy atom. The second-order valence-corrected chi connectivity index (χ2v) is 3.11. The minimum absolute atomic E-state index is 1.07. The monoisotopic (exact) mass is 175 g/mol. The maximum atomic E-state index is 4.51. The van der Waals surface area contributed by atoms with Gasteiger partial charge in [-0.2, -0.15) is 0 Å². The highest BCUT2D eigenvalue weighted by Gasteiger charge is 1.92. The fourth-order valence-corrected chi connectivity index (χ4v) is 1.22. The lowest BCUT2D eigenvalue weighted by Gasteiger charge is -1.98. The fourth-order valence-electron chi connectivity index (χ4n) is 1.22. The van der Waals surface area contributed by atoms with E-state index in [9.17, 15) is 0 Å². The number of nitrogens with zero attached hydrogens (tertiary/aromatic N) is 1. The largest absolute Gasteiger partial charge is 0.253 e. The van der Waals surface area contributed by atoms with Crippen LogP contribution in [-0.2, 0) is 6.42 Å². The second-order valence-electron chi connectivity index (χ2n) is 3.11. The van der Waals surface area contributed by atoms with Gasteiger partial charge in [0, 0.05) is 5.69 Å². The average molecular weight is 175 g/mol. The summed E-state index contributed by atoms with van der Waals surface area (Å²) in [5, 5.41) is 0. The van der Waals surface area contributed by atoms with Crippen molar-refractivity contribution in [3.8, 4) is 0 Å². The third-order valence-electron chi connectivity index (χ3n) is 1.86. The summed E-state index contributed by atoms with van der Waals surface area (Å²) in [6, 6.07) is 6.21. The second kappa shape index (κ2) is 5.52. The van der Waals surface area contributed by atoms with Gasteiger partial charge in [-0.05, 0) is 31.1 Å². The molecule has 1 aromatic rings. The van der Waals surface area contributed by atoms with Gasteiger partial charge in [-0.15, -0.1) is 0 Å². The van der Waals surface area contributed by atoms with Gasteiger partial charge < -0.3 is 0 Å². The quantitative estimate of drug-likeness (QED) is 0.683. The molecule has 1 heterocycles. The molecular formula is C12H17N. The Kier molecular flexibility index (Phi) is 4.24. The van der Waals surface area contributed by atoms with Gasteiger partial charge in [-0.25, -0.2) is 0 Å².